The summed E-state index contributed by atoms with van der Waals surface area (Å²) in [6.07, 6.45) is 3.35. The lowest BCUT2D eigenvalue weighted by Crippen LogP contribution is -2.46. The smallest absolute Gasteiger partial charge is 0.242 e. The first kappa shape index (κ1) is 19.3. The molecule has 1 saturated heterocycles. The molecule has 0 atom stereocenters. The first-order chi connectivity index (χ1) is 10.8. The Labute approximate surface area is 139 Å². The minimum Gasteiger partial charge on any atom is -0.357 e. The Kier molecular flexibility index (Phi) is 7.85. The normalized spacial score (nSPS) is 16.0. The molecule has 0 aromatic carbocycles. The van der Waals surface area contributed by atoms with Crippen molar-refractivity contribution in [3.8, 4) is 0 Å². The second-order valence-corrected chi connectivity index (χ2v) is 6.79. The molecule has 0 saturated carbocycles. The molecule has 3 N–H and O–H groups in total. The topological polar surface area (TPSA) is 85.8 Å². The Bertz CT molecular complexity index is 423. The largest absolute Gasteiger partial charge is 0.357 e. The molecule has 23 heavy (non-hydrogen) atoms. The average Bonchev–Trinajstić information content (AvgIpc) is 2.49. The van der Waals surface area contributed by atoms with E-state index in [-0.39, 0.29) is 30.4 Å². The van der Waals surface area contributed by atoms with E-state index in [0.717, 1.165) is 25.9 Å². The molecule has 0 unspecified atom stereocenters. The van der Waals surface area contributed by atoms with Gasteiger partial charge >= 0.3 is 0 Å². The number of nitrogens with one attached hydrogen (secondary N) is 3. The molecule has 7 heteroatoms. The van der Waals surface area contributed by atoms with E-state index in [0.29, 0.717) is 12.5 Å². The van der Waals surface area contributed by atoms with Crippen molar-refractivity contribution in [2.24, 2.45) is 4.99 Å². The number of piperidine rings is 1. The number of nitrogens with zero attached hydrogens (tertiary/aromatic N) is 2. The van der Waals surface area contributed by atoms with Crippen LogP contribution in [-0.2, 0) is 9.59 Å². The molecule has 132 valence electrons. The van der Waals surface area contributed by atoms with Gasteiger partial charge in [0.1, 0.15) is 6.54 Å². The Morgan fingerprint density at radius 3 is 2.30 bits per heavy atom. The van der Waals surface area contributed by atoms with Gasteiger partial charge in [-0.05, 0) is 47.0 Å². The Morgan fingerprint density at radius 2 is 1.74 bits per heavy atom. The summed E-state index contributed by atoms with van der Waals surface area (Å²) in [7, 11) is 0. The maximum Gasteiger partial charge on any atom is 0.242 e. The SMILES string of the molecule is CCNC(=NCC(=O)NC(C)(C)C)NCC(=O)N1CCCCC1. The molecule has 7 nitrogen and oxygen atoms in total. The summed E-state index contributed by atoms with van der Waals surface area (Å²) in [5, 5.41) is 8.91. The van der Waals surface area contributed by atoms with Gasteiger partial charge < -0.3 is 20.9 Å². The third kappa shape index (κ3) is 8.42. The van der Waals surface area contributed by atoms with Gasteiger partial charge in [-0.2, -0.15) is 0 Å². The molecule has 0 aliphatic carbocycles. The number of hydrogen-bond donors (Lipinski definition) is 3. The van der Waals surface area contributed by atoms with Gasteiger partial charge in [-0.15, -0.1) is 0 Å². The third-order valence-electron chi connectivity index (χ3n) is 3.36. The van der Waals surface area contributed by atoms with Crippen molar-refractivity contribution in [2.45, 2.75) is 52.5 Å². The first-order valence-electron chi connectivity index (χ1n) is 8.43. The molecule has 1 aliphatic rings. The van der Waals surface area contributed by atoms with Crippen LogP contribution in [0.4, 0.5) is 0 Å². The maximum atomic E-state index is 12.1. The van der Waals surface area contributed by atoms with Crippen molar-refractivity contribution < 1.29 is 9.59 Å². The van der Waals surface area contributed by atoms with E-state index in [1.807, 2.05) is 32.6 Å². The number of likely N-dealkylation sites (tertiary alicyclic amines) is 1. The highest BCUT2D eigenvalue weighted by Gasteiger charge is 2.17. The summed E-state index contributed by atoms with van der Waals surface area (Å²) in [5.74, 6) is 0.424. The molecule has 1 fully saturated rings. The van der Waals surface area contributed by atoms with Crippen LogP contribution < -0.4 is 16.0 Å². The molecule has 1 rings (SSSR count). The molecular weight excluding hydrogens is 294 g/mol. The predicted octanol–water partition coefficient (Wildman–Crippen LogP) is 0.469. The number of carbonyl (C=O) groups excluding carboxylic acids is 2. The lowest BCUT2D eigenvalue weighted by Gasteiger charge is -2.27. The summed E-state index contributed by atoms with van der Waals surface area (Å²) >= 11 is 0. The van der Waals surface area contributed by atoms with Crippen LogP contribution in [0, 0.1) is 0 Å². The molecule has 0 aromatic heterocycles. The van der Waals surface area contributed by atoms with Crippen molar-refractivity contribution in [3.63, 3.8) is 0 Å². The monoisotopic (exact) mass is 325 g/mol. The van der Waals surface area contributed by atoms with Crippen LogP contribution in [0.1, 0.15) is 47.0 Å². The third-order valence-corrected chi connectivity index (χ3v) is 3.36. The fourth-order valence-corrected chi connectivity index (χ4v) is 2.36. The van der Waals surface area contributed by atoms with E-state index in [9.17, 15) is 9.59 Å². The van der Waals surface area contributed by atoms with Crippen molar-refractivity contribution in [3.05, 3.63) is 0 Å². The van der Waals surface area contributed by atoms with Crippen molar-refractivity contribution in [1.82, 2.24) is 20.9 Å². The number of carbonyl (C=O) groups is 2. The van der Waals surface area contributed by atoms with Crippen LogP contribution in [0.2, 0.25) is 0 Å². The molecule has 1 heterocycles. The second-order valence-electron chi connectivity index (χ2n) is 6.79. The van der Waals surface area contributed by atoms with Crippen LogP contribution >= 0.6 is 0 Å². The highest BCUT2D eigenvalue weighted by molar-refractivity contribution is 5.88. The lowest BCUT2D eigenvalue weighted by molar-refractivity contribution is -0.130. The molecule has 0 radical (unpaired) electrons. The van der Waals surface area contributed by atoms with Crippen LogP contribution in [0.5, 0.6) is 0 Å². The standard InChI is InChI=1S/C16H31N5O2/c1-5-17-15(18-11-13(22)20-16(2,3)4)19-12-14(23)21-9-7-6-8-10-21/h5-12H2,1-4H3,(H,20,22)(H2,17,18,19). The zero-order chi connectivity index (χ0) is 17.3. The van der Waals surface area contributed by atoms with Crippen molar-refractivity contribution in [2.75, 3.05) is 32.7 Å². The van der Waals surface area contributed by atoms with Gasteiger partial charge in [-0.3, -0.25) is 9.59 Å². The summed E-state index contributed by atoms with van der Waals surface area (Å²) < 4.78 is 0. The van der Waals surface area contributed by atoms with E-state index in [4.69, 9.17) is 0 Å². The predicted molar refractivity (Wildman–Crippen MR) is 92.3 cm³/mol. The van der Waals surface area contributed by atoms with Gasteiger partial charge in [0.15, 0.2) is 5.96 Å². The molecule has 0 aromatic rings. The van der Waals surface area contributed by atoms with E-state index in [1.165, 1.54) is 6.42 Å². The van der Waals surface area contributed by atoms with E-state index in [1.54, 1.807) is 0 Å². The Hall–Kier alpha value is -1.79. The van der Waals surface area contributed by atoms with Gasteiger partial charge in [0.25, 0.3) is 0 Å². The van der Waals surface area contributed by atoms with Crippen molar-refractivity contribution in [1.29, 1.82) is 0 Å². The van der Waals surface area contributed by atoms with E-state index in [2.05, 4.69) is 20.9 Å². The quantitative estimate of drug-likeness (QED) is 0.507. The highest BCUT2D eigenvalue weighted by atomic mass is 16.2. The summed E-state index contributed by atoms with van der Waals surface area (Å²) in [4.78, 5) is 30.0. The highest BCUT2D eigenvalue weighted by Crippen LogP contribution is 2.08. The number of amides is 2. The first-order valence-corrected chi connectivity index (χ1v) is 8.43. The van der Waals surface area contributed by atoms with Gasteiger partial charge in [0.05, 0.1) is 6.54 Å². The zero-order valence-corrected chi connectivity index (χ0v) is 14.9. The number of rotatable bonds is 5. The average molecular weight is 325 g/mol. The van der Waals surface area contributed by atoms with Crippen LogP contribution in [0.15, 0.2) is 4.99 Å². The van der Waals surface area contributed by atoms with Crippen LogP contribution in [0.25, 0.3) is 0 Å². The van der Waals surface area contributed by atoms with Crippen LogP contribution in [0.3, 0.4) is 0 Å². The van der Waals surface area contributed by atoms with Gasteiger partial charge in [0.2, 0.25) is 11.8 Å². The molecule has 0 bridgehead atoms. The van der Waals surface area contributed by atoms with E-state index < -0.39 is 0 Å². The van der Waals surface area contributed by atoms with Crippen molar-refractivity contribution >= 4 is 17.8 Å². The van der Waals surface area contributed by atoms with E-state index >= 15 is 0 Å². The number of aliphatic imine (C=N–C) groups is 1. The second kappa shape index (κ2) is 9.37. The molecular formula is C16H31N5O2. The summed E-state index contributed by atoms with van der Waals surface area (Å²) in [6, 6.07) is 0. The Balaban J connectivity index is 2.45. The Morgan fingerprint density at radius 1 is 1.09 bits per heavy atom. The van der Waals surface area contributed by atoms with Gasteiger partial charge in [0, 0.05) is 25.2 Å². The summed E-state index contributed by atoms with van der Waals surface area (Å²) in [6.45, 7) is 10.3. The fourth-order valence-electron chi connectivity index (χ4n) is 2.36. The van der Waals surface area contributed by atoms with Crippen LogP contribution in [-0.4, -0.2) is 60.9 Å². The van der Waals surface area contributed by atoms with Gasteiger partial charge in [-0.25, -0.2) is 4.99 Å². The number of guanidine groups is 1. The minimum absolute atomic E-state index is 0.0323. The molecule has 0 spiro atoms. The molecule has 1 aliphatic heterocycles. The minimum atomic E-state index is -0.275. The number of hydrogen-bond acceptors (Lipinski definition) is 3. The zero-order valence-electron chi connectivity index (χ0n) is 14.9. The molecule has 2 amide bonds. The lowest BCUT2D eigenvalue weighted by atomic mass is 10.1. The van der Waals surface area contributed by atoms with Gasteiger partial charge in [-0.1, -0.05) is 0 Å². The fraction of sp³-hybridized carbons (Fsp3) is 0.812. The summed E-state index contributed by atoms with van der Waals surface area (Å²) in [5.41, 5.74) is -0.275. The maximum absolute atomic E-state index is 12.1.